The van der Waals surface area contributed by atoms with Crippen molar-refractivity contribution >= 4 is 52.7 Å². The van der Waals surface area contributed by atoms with Gasteiger partial charge in [-0.05, 0) is 31.2 Å². The first-order valence-electron chi connectivity index (χ1n) is 9.64. The molecule has 10 heteroatoms. The molecule has 0 bridgehead atoms. The van der Waals surface area contributed by atoms with Crippen LogP contribution in [0.5, 0.6) is 0 Å². The molecule has 0 aliphatic carbocycles. The van der Waals surface area contributed by atoms with Crippen LogP contribution in [0.1, 0.15) is 18.1 Å². The number of aliphatic hydroxyl groups excluding tert-OH is 1. The molecule has 1 heterocycles. The lowest BCUT2D eigenvalue weighted by Gasteiger charge is -2.16. The lowest BCUT2D eigenvalue weighted by atomic mass is 10.2. The van der Waals surface area contributed by atoms with E-state index >= 15 is 0 Å². The van der Waals surface area contributed by atoms with E-state index < -0.39 is 29.8 Å². The summed E-state index contributed by atoms with van der Waals surface area (Å²) in [4.78, 5) is 12.6. The molecule has 1 aliphatic rings. The van der Waals surface area contributed by atoms with Gasteiger partial charge in [0.2, 0.25) is 6.10 Å². The zero-order valence-corrected chi connectivity index (χ0v) is 20.1. The van der Waals surface area contributed by atoms with Crippen molar-refractivity contribution < 1.29 is 28.2 Å². The van der Waals surface area contributed by atoms with Crippen LogP contribution in [-0.2, 0) is 25.8 Å². The van der Waals surface area contributed by atoms with Crippen molar-refractivity contribution in [2.75, 3.05) is 12.4 Å². The number of hydrogen-bond donors (Lipinski definition) is 1. The molecule has 2 atom stereocenters. The number of carbonyl (C=O) groups is 1. The lowest BCUT2D eigenvalue weighted by molar-refractivity contribution is -0.155. The molecule has 0 spiro atoms. The Balaban J connectivity index is 1.74. The fourth-order valence-electron chi connectivity index (χ4n) is 3.01. The van der Waals surface area contributed by atoms with Crippen molar-refractivity contribution in [2.24, 2.45) is 0 Å². The van der Waals surface area contributed by atoms with Gasteiger partial charge in [0, 0.05) is 38.4 Å². The summed E-state index contributed by atoms with van der Waals surface area (Å²) < 4.78 is 38.9. The third-order valence-corrected chi connectivity index (χ3v) is 7.56. The predicted octanol–water partition coefficient (Wildman–Crippen LogP) is 6.54. The molecule has 0 aromatic heterocycles. The van der Waals surface area contributed by atoms with Crippen molar-refractivity contribution in [3.63, 3.8) is 0 Å². The largest absolute Gasteiger partial charge is 0.508 e. The number of thioether (sulfide) groups is 2. The topological polar surface area (TPSA) is 55.8 Å². The normalized spacial score (nSPS) is 18.3. The highest BCUT2D eigenvalue weighted by Crippen LogP contribution is 2.39. The summed E-state index contributed by atoms with van der Waals surface area (Å²) in [6.07, 6.45) is -1.94. The molecule has 1 N–H and O–H groups in total. The average Bonchev–Trinajstić information content (AvgIpc) is 3.05. The lowest BCUT2D eigenvalue weighted by Crippen LogP contribution is -2.27. The number of aliphatic hydroxyl groups is 1. The Bertz CT molecular complexity index is 979. The molecule has 0 saturated heterocycles. The monoisotopic (exact) mass is 520 g/mol. The van der Waals surface area contributed by atoms with Gasteiger partial charge in [-0.3, -0.25) is 0 Å². The van der Waals surface area contributed by atoms with Crippen molar-refractivity contribution in [3.05, 3.63) is 79.9 Å². The van der Waals surface area contributed by atoms with Gasteiger partial charge in [0.15, 0.2) is 0 Å². The summed E-state index contributed by atoms with van der Waals surface area (Å²) in [6.45, 7) is 1.78. The first kappa shape index (κ1) is 25.2. The molecule has 0 radical (unpaired) electrons. The number of halogens is 4. The van der Waals surface area contributed by atoms with E-state index in [9.17, 15) is 18.7 Å². The SMILES string of the molecule is CCOC(=O)C1OC(CSCc2c(F)cccc2Cl)C(SCc2c(F)cccc2Cl)=C1O. The number of ether oxygens (including phenoxy) is 2. The smallest absolute Gasteiger partial charge is 0.343 e. The maximum absolute atomic E-state index is 14.2. The van der Waals surface area contributed by atoms with Crippen LogP contribution in [0.4, 0.5) is 8.78 Å². The molecule has 3 rings (SSSR count). The van der Waals surface area contributed by atoms with Crippen LogP contribution in [0, 0.1) is 11.6 Å². The second-order valence-corrected chi connectivity index (χ2v) is 9.57. The van der Waals surface area contributed by atoms with Crippen LogP contribution in [0.25, 0.3) is 0 Å². The maximum atomic E-state index is 14.2. The van der Waals surface area contributed by atoms with Gasteiger partial charge in [0.25, 0.3) is 0 Å². The second kappa shape index (κ2) is 11.6. The number of rotatable bonds is 9. The van der Waals surface area contributed by atoms with Gasteiger partial charge in [0.1, 0.15) is 23.5 Å². The van der Waals surface area contributed by atoms with E-state index in [2.05, 4.69) is 0 Å². The second-order valence-electron chi connectivity index (χ2n) is 6.71. The van der Waals surface area contributed by atoms with Crippen molar-refractivity contribution in [2.45, 2.75) is 30.6 Å². The van der Waals surface area contributed by atoms with Crippen LogP contribution in [0.3, 0.4) is 0 Å². The molecule has 2 aromatic carbocycles. The standard InChI is InChI=1S/C22H20Cl2F2O4S2/c1-2-29-22(28)20-19(27)21(32-10-13-15(24)6-4-8-17(13)26)18(30-20)11-31-9-12-14(23)5-3-7-16(12)25/h3-8,18,20,27H,2,9-11H2,1H3. The van der Waals surface area contributed by atoms with E-state index in [4.69, 9.17) is 32.7 Å². The van der Waals surface area contributed by atoms with Crippen LogP contribution in [-0.4, -0.2) is 35.6 Å². The molecule has 2 aromatic rings. The summed E-state index contributed by atoms with van der Waals surface area (Å²) >= 11 is 14.6. The fraction of sp³-hybridized carbons (Fsp3) is 0.318. The Hall–Kier alpha value is -1.45. The van der Waals surface area contributed by atoms with Gasteiger partial charge in [-0.25, -0.2) is 13.6 Å². The molecular weight excluding hydrogens is 501 g/mol. The zero-order valence-electron chi connectivity index (χ0n) is 16.9. The minimum atomic E-state index is -1.27. The predicted molar refractivity (Wildman–Crippen MR) is 125 cm³/mol. The highest BCUT2D eigenvalue weighted by molar-refractivity contribution is 8.02. The van der Waals surface area contributed by atoms with Gasteiger partial charge >= 0.3 is 5.97 Å². The first-order chi connectivity index (χ1) is 15.3. The van der Waals surface area contributed by atoms with Gasteiger partial charge in [0.05, 0.1) is 11.5 Å². The minimum Gasteiger partial charge on any atom is -0.508 e. The minimum absolute atomic E-state index is 0.129. The number of carbonyl (C=O) groups excluding carboxylic acids is 1. The molecule has 1 aliphatic heterocycles. The third kappa shape index (κ3) is 5.91. The molecule has 0 amide bonds. The highest BCUT2D eigenvalue weighted by Gasteiger charge is 2.40. The van der Waals surface area contributed by atoms with E-state index in [0.29, 0.717) is 21.2 Å². The van der Waals surface area contributed by atoms with E-state index in [1.54, 1.807) is 19.1 Å². The first-order valence-corrected chi connectivity index (χ1v) is 12.5. The molecule has 0 fully saturated rings. The maximum Gasteiger partial charge on any atom is 0.343 e. The summed E-state index contributed by atoms with van der Waals surface area (Å²) in [6, 6.07) is 8.84. The van der Waals surface area contributed by atoms with Crippen LogP contribution in [0.15, 0.2) is 47.1 Å². The van der Waals surface area contributed by atoms with E-state index in [0.717, 1.165) is 11.8 Å². The molecule has 0 saturated carbocycles. The van der Waals surface area contributed by atoms with E-state index in [-0.39, 0.29) is 34.5 Å². The summed E-state index contributed by atoms with van der Waals surface area (Å²) in [5, 5.41) is 11.2. The number of benzene rings is 2. The zero-order chi connectivity index (χ0) is 23.3. The summed E-state index contributed by atoms with van der Waals surface area (Å²) in [5.41, 5.74) is 0.642. The summed E-state index contributed by atoms with van der Waals surface area (Å²) in [5.74, 6) is -1.16. The number of hydrogen-bond acceptors (Lipinski definition) is 6. The Morgan fingerprint density at radius 1 is 1.09 bits per heavy atom. The van der Waals surface area contributed by atoms with Crippen molar-refractivity contribution in [1.29, 1.82) is 0 Å². The van der Waals surface area contributed by atoms with Crippen molar-refractivity contribution in [1.82, 2.24) is 0 Å². The van der Waals surface area contributed by atoms with Crippen LogP contribution in [0.2, 0.25) is 10.0 Å². The van der Waals surface area contributed by atoms with Gasteiger partial charge in [-0.2, -0.15) is 11.8 Å². The molecule has 2 unspecified atom stereocenters. The van der Waals surface area contributed by atoms with Crippen molar-refractivity contribution in [3.8, 4) is 0 Å². The number of esters is 1. The molecular formula is C22H20Cl2F2O4S2. The molecule has 4 nitrogen and oxygen atoms in total. The van der Waals surface area contributed by atoms with E-state index in [1.807, 2.05) is 0 Å². The Morgan fingerprint density at radius 3 is 2.25 bits per heavy atom. The quantitative estimate of drug-likeness (QED) is 0.379. The highest BCUT2D eigenvalue weighted by atomic mass is 35.5. The third-order valence-electron chi connectivity index (χ3n) is 4.61. The Labute approximate surface area is 203 Å². The van der Waals surface area contributed by atoms with Crippen LogP contribution < -0.4 is 0 Å². The van der Waals surface area contributed by atoms with Gasteiger partial charge in [-0.15, -0.1) is 11.8 Å². The van der Waals surface area contributed by atoms with E-state index in [1.165, 1.54) is 36.0 Å². The Morgan fingerprint density at radius 2 is 1.69 bits per heavy atom. The van der Waals surface area contributed by atoms with Gasteiger partial charge < -0.3 is 14.6 Å². The average molecular weight is 521 g/mol. The van der Waals surface area contributed by atoms with Crippen LogP contribution >= 0.6 is 46.7 Å². The molecule has 32 heavy (non-hydrogen) atoms. The van der Waals surface area contributed by atoms with Gasteiger partial charge in [-0.1, -0.05) is 35.3 Å². The molecule has 172 valence electrons. The summed E-state index contributed by atoms with van der Waals surface area (Å²) in [7, 11) is 0. The fourth-order valence-corrected chi connectivity index (χ4v) is 5.98. The Kier molecular flexibility index (Phi) is 9.13.